The van der Waals surface area contributed by atoms with Crippen molar-refractivity contribution in [1.29, 1.82) is 0 Å². The van der Waals surface area contributed by atoms with Crippen molar-refractivity contribution in [2.75, 3.05) is 13.1 Å². The quantitative estimate of drug-likeness (QED) is 0.632. The number of amides is 1. The van der Waals surface area contributed by atoms with E-state index in [1.807, 2.05) is 13.8 Å². The minimum atomic E-state index is -0.838. The van der Waals surface area contributed by atoms with Gasteiger partial charge in [-0.15, -0.1) is 0 Å². The normalized spacial score (nSPS) is 7.78. The summed E-state index contributed by atoms with van der Waals surface area (Å²) in [6.07, 6.45) is -0.838. The molecule has 0 bridgehead atoms. The molecule has 0 aromatic heterocycles. The summed E-state index contributed by atoms with van der Waals surface area (Å²) in [5.74, 6) is 0. The molecule has 0 aliphatic rings. The van der Waals surface area contributed by atoms with Gasteiger partial charge in [0.1, 0.15) is 0 Å². The molecule has 1 amide bonds. The van der Waals surface area contributed by atoms with Crippen LogP contribution in [0.2, 0.25) is 0 Å². The fraction of sp³-hybridized carbons (Fsp3) is 0.800. The van der Waals surface area contributed by atoms with Gasteiger partial charge in [0.05, 0.1) is 0 Å². The van der Waals surface area contributed by atoms with Crippen molar-refractivity contribution in [3.63, 3.8) is 0 Å². The molecular formula is C5H11FeNO2. The predicted molar refractivity (Wildman–Crippen MR) is 30.9 cm³/mol. The molecule has 0 radical (unpaired) electrons. The summed E-state index contributed by atoms with van der Waals surface area (Å²) in [4.78, 5) is 11.4. The van der Waals surface area contributed by atoms with E-state index in [1.165, 1.54) is 4.90 Å². The topological polar surface area (TPSA) is 40.5 Å². The van der Waals surface area contributed by atoms with E-state index >= 15 is 0 Å². The summed E-state index contributed by atoms with van der Waals surface area (Å²) < 4.78 is 0. The zero-order valence-corrected chi connectivity index (χ0v) is 6.67. The average molecular weight is 173 g/mol. The summed E-state index contributed by atoms with van der Waals surface area (Å²) in [6, 6.07) is 0. The van der Waals surface area contributed by atoms with Crippen LogP contribution in [0, 0.1) is 0 Å². The molecule has 0 atom stereocenters. The van der Waals surface area contributed by atoms with Crippen LogP contribution in [-0.4, -0.2) is 29.2 Å². The van der Waals surface area contributed by atoms with Gasteiger partial charge in [-0.2, -0.15) is 0 Å². The van der Waals surface area contributed by atoms with Crippen LogP contribution in [-0.2, 0) is 17.1 Å². The fourth-order valence-corrected chi connectivity index (χ4v) is 0.494. The number of nitrogens with zero attached hydrogens (tertiary/aromatic N) is 1. The molecule has 0 aliphatic heterocycles. The minimum Gasteiger partial charge on any atom is -0.465 e. The third-order valence-electron chi connectivity index (χ3n) is 1.03. The van der Waals surface area contributed by atoms with Crippen molar-refractivity contribution in [3.8, 4) is 0 Å². The standard InChI is InChI=1S/C5H11NO2.Fe/c1-3-6(4-2)5(7)8;/h3-4H2,1-2H3,(H,7,8);. The van der Waals surface area contributed by atoms with E-state index in [0.717, 1.165) is 0 Å². The molecule has 0 aliphatic carbocycles. The van der Waals surface area contributed by atoms with Gasteiger partial charge in [0.2, 0.25) is 0 Å². The number of carbonyl (C=O) groups is 1. The van der Waals surface area contributed by atoms with Gasteiger partial charge in [0, 0.05) is 30.2 Å². The average Bonchev–Trinajstić information content (AvgIpc) is 1.69. The molecule has 0 aromatic carbocycles. The van der Waals surface area contributed by atoms with Gasteiger partial charge in [-0.25, -0.2) is 4.79 Å². The maximum Gasteiger partial charge on any atom is 0.407 e. The largest absolute Gasteiger partial charge is 0.465 e. The first kappa shape index (κ1) is 11.6. The second-order valence-corrected chi connectivity index (χ2v) is 1.45. The Morgan fingerprint density at radius 1 is 1.44 bits per heavy atom. The molecule has 9 heavy (non-hydrogen) atoms. The zero-order valence-electron chi connectivity index (χ0n) is 5.57. The van der Waals surface area contributed by atoms with Crippen molar-refractivity contribution >= 4 is 6.09 Å². The first-order chi connectivity index (χ1) is 3.72. The Morgan fingerprint density at radius 2 is 1.78 bits per heavy atom. The molecule has 1 N–H and O–H groups in total. The summed E-state index contributed by atoms with van der Waals surface area (Å²) in [6.45, 7) is 4.78. The zero-order chi connectivity index (χ0) is 6.57. The molecular weight excluding hydrogens is 162 g/mol. The Labute approximate surface area is 65.5 Å². The van der Waals surface area contributed by atoms with Crippen LogP contribution in [0.1, 0.15) is 13.8 Å². The number of hydrogen-bond acceptors (Lipinski definition) is 1. The second kappa shape index (κ2) is 5.92. The smallest absolute Gasteiger partial charge is 0.407 e. The molecule has 3 nitrogen and oxygen atoms in total. The molecule has 0 unspecified atom stereocenters. The molecule has 0 saturated carbocycles. The van der Waals surface area contributed by atoms with Crippen LogP contribution in [0.25, 0.3) is 0 Å². The summed E-state index contributed by atoms with van der Waals surface area (Å²) in [5, 5.41) is 8.30. The fourth-order valence-electron chi connectivity index (χ4n) is 0.494. The van der Waals surface area contributed by atoms with Crippen molar-refractivity contribution in [2.45, 2.75) is 13.8 Å². The molecule has 0 spiro atoms. The van der Waals surface area contributed by atoms with Crippen LogP contribution in [0.4, 0.5) is 4.79 Å². The maximum absolute atomic E-state index is 10.1. The third-order valence-corrected chi connectivity index (χ3v) is 1.03. The van der Waals surface area contributed by atoms with Crippen molar-refractivity contribution < 1.29 is 27.0 Å². The van der Waals surface area contributed by atoms with Crippen LogP contribution in [0.3, 0.4) is 0 Å². The molecule has 0 rings (SSSR count). The van der Waals surface area contributed by atoms with E-state index < -0.39 is 6.09 Å². The van der Waals surface area contributed by atoms with Gasteiger partial charge in [0.15, 0.2) is 0 Å². The molecule has 0 fully saturated rings. The summed E-state index contributed by atoms with van der Waals surface area (Å²) in [5.41, 5.74) is 0. The van der Waals surface area contributed by atoms with E-state index in [2.05, 4.69) is 0 Å². The SMILES string of the molecule is CCN(CC)C(=O)O.[Fe]. The van der Waals surface area contributed by atoms with E-state index in [9.17, 15) is 4.79 Å². The van der Waals surface area contributed by atoms with Crippen molar-refractivity contribution in [1.82, 2.24) is 4.90 Å². The van der Waals surface area contributed by atoms with E-state index in [1.54, 1.807) is 0 Å². The Hall–Kier alpha value is -0.211. The Morgan fingerprint density at radius 3 is 1.78 bits per heavy atom. The molecule has 0 saturated heterocycles. The van der Waals surface area contributed by atoms with Crippen molar-refractivity contribution in [2.24, 2.45) is 0 Å². The molecule has 56 valence electrons. The van der Waals surface area contributed by atoms with Crippen LogP contribution < -0.4 is 0 Å². The predicted octanol–water partition coefficient (Wildman–Crippen LogP) is 1.00. The first-order valence-corrected chi connectivity index (χ1v) is 2.70. The monoisotopic (exact) mass is 173 g/mol. The summed E-state index contributed by atoms with van der Waals surface area (Å²) in [7, 11) is 0. The van der Waals surface area contributed by atoms with Gasteiger partial charge < -0.3 is 10.0 Å². The van der Waals surface area contributed by atoms with Crippen LogP contribution in [0.15, 0.2) is 0 Å². The Bertz CT molecular complexity index is 83.0. The molecule has 0 aromatic rings. The first-order valence-electron chi connectivity index (χ1n) is 2.70. The molecule has 4 heteroatoms. The van der Waals surface area contributed by atoms with Gasteiger partial charge in [-0.3, -0.25) is 0 Å². The molecule has 0 heterocycles. The Balaban J connectivity index is 0. The second-order valence-electron chi connectivity index (χ2n) is 1.45. The van der Waals surface area contributed by atoms with Crippen LogP contribution in [0.5, 0.6) is 0 Å². The van der Waals surface area contributed by atoms with Gasteiger partial charge in [-0.1, -0.05) is 0 Å². The van der Waals surface area contributed by atoms with Gasteiger partial charge >= 0.3 is 6.09 Å². The van der Waals surface area contributed by atoms with E-state index in [-0.39, 0.29) is 17.1 Å². The third kappa shape index (κ3) is 4.30. The minimum absolute atomic E-state index is 0. The Kier molecular flexibility index (Phi) is 7.61. The van der Waals surface area contributed by atoms with E-state index in [0.29, 0.717) is 13.1 Å². The van der Waals surface area contributed by atoms with Crippen LogP contribution >= 0.6 is 0 Å². The number of rotatable bonds is 2. The number of hydrogen-bond donors (Lipinski definition) is 1. The number of carboxylic acid groups (broad SMARTS) is 1. The maximum atomic E-state index is 10.1. The summed E-state index contributed by atoms with van der Waals surface area (Å²) >= 11 is 0. The van der Waals surface area contributed by atoms with Gasteiger partial charge in [0.25, 0.3) is 0 Å². The van der Waals surface area contributed by atoms with E-state index in [4.69, 9.17) is 5.11 Å². The van der Waals surface area contributed by atoms with Gasteiger partial charge in [-0.05, 0) is 13.8 Å². The van der Waals surface area contributed by atoms with Crippen molar-refractivity contribution in [3.05, 3.63) is 0 Å².